The number of aliphatic hydroxyl groups excluding tert-OH is 1. The number of hydrogen-bond donors (Lipinski definition) is 1. The Morgan fingerprint density at radius 2 is 1.72 bits per heavy atom. The molecule has 0 atom stereocenters. The number of rotatable bonds is 6. The molecule has 0 aromatic heterocycles. The first kappa shape index (κ1) is 17.7. The van der Waals surface area contributed by atoms with Crippen molar-refractivity contribution in [1.29, 1.82) is 0 Å². The van der Waals surface area contributed by atoms with Crippen molar-refractivity contribution in [2.45, 2.75) is 31.4 Å². The third kappa shape index (κ3) is 4.51. The fourth-order valence-electron chi connectivity index (χ4n) is 3.64. The van der Waals surface area contributed by atoms with Crippen molar-refractivity contribution in [1.82, 2.24) is 0 Å². The van der Waals surface area contributed by atoms with Crippen molar-refractivity contribution in [3.8, 4) is 11.1 Å². The predicted octanol–water partition coefficient (Wildman–Crippen LogP) is 4.99. The fourth-order valence-corrected chi connectivity index (χ4v) is 5.52. The molecule has 1 fully saturated rings. The van der Waals surface area contributed by atoms with Crippen LogP contribution < -0.4 is 0 Å². The number of hydrogen-bond acceptors (Lipinski definition) is 3. The lowest BCUT2D eigenvalue weighted by Crippen LogP contribution is -2.16. The lowest BCUT2D eigenvalue weighted by Gasteiger charge is -2.14. The van der Waals surface area contributed by atoms with Gasteiger partial charge in [0, 0.05) is 5.56 Å². The van der Waals surface area contributed by atoms with Crippen LogP contribution in [-0.4, -0.2) is 19.3 Å². The topological polar surface area (TPSA) is 54.4 Å². The summed E-state index contributed by atoms with van der Waals surface area (Å²) in [5.41, 5.74) is 3.09. The smallest absolute Gasteiger partial charge is 0.154 e. The van der Waals surface area contributed by atoms with Gasteiger partial charge in [0.1, 0.15) is 5.76 Å². The molecule has 1 aliphatic carbocycles. The van der Waals surface area contributed by atoms with Crippen LogP contribution in [0.4, 0.5) is 0 Å². The van der Waals surface area contributed by atoms with Crippen LogP contribution in [0.25, 0.3) is 16.9 Å². The molecule has 0 aliphatic heterocycles. The van der Waals surface area contributed by atoms with Gasteiger partial charge in [-0.05, 0) is 41.5 Å². The highest BCUT2D eigenvalue weighted by Gasteiger charge is 2.24. The maximum atomic E-state index is 12.7. The summed E-state index contributed by atoms with van der Waals surface area (Å²) < 4.78 is 25.3. The second kappa shape index (κ2) is 7.44. The lowest BCUT2D eigenvalue weighted by atomic mass is 9.99. The Balaban J connectivity index is 1.91. The van der Waals surface area contributed by atoms with Gasteiger partial charge in [-0.2, -0.15) is 0 Å². The first-order chi connectivity index (χ1) is 11.9. The average Bonchev–Trinajstić information content (AvgIpc) is 3.07. The zero-order chi connectivity index (χ0) is 17.9. The molecule has 0 bridgehead atoms. The molecular weight excluding hydrogens is 332 g/mol. The Labute approximate surface area is 149 Å². The van der Waals surface area contributed by atoms with Gasteiger partial charge in [-0.3, -0.25) is 0 Å². The van der Waals surface area contributed by atoms with E-state index in [1.54, 1.807) is 6.07 Å². The highest BCUT2D eigenvalue weighted by molar-refractivity contribution is 7.90. The third-order valence-corrected chi connectivity index (χ3v) is 6.59. The molecule has 1 N–H and O–H groups in total. The van der Waals surface area contributed by atoms with E-state index in [0.29, 0.717) is 11.1 Å². The van der Waals surface area contributed by atoms with Gasteiger partial charge in [0.15, 0.2) is 9.84 Å². The van der Waals surface area contributed by atoms with Crippen molar-refractivity contribution in [2.75, 3.05) is 5.75 Å². The maximum Gasteiger partial charge on any atom is 0.154 e. The van der Waals surface area contributed by atoms with Gasteiger partial charge >= 0.3 is 0 Å². The molecule has 0 heterocycles. The van der Waals surface area contributed by atoms with E-state index in [1.807, 2.05) is 42.5 Å². The van der Waals surface area contributed by atoms with Crippen molar-refractivity contribution < 1.29 is 13.5 Å². The summed E-state index contributed by atoms with van der Waals surface area (Å²) in [5, 5.41) is 9.86. The minimum Gasteiger partial charge on any atom is -0.508 e. The Morgan fingerprint density at radius 1 is 1.04 bits per heavy atom. The second-order valence-electron chi connectivity index (χ2n) is 6.89. The van der Waals surface area contributed by atoms with E-state index in [-0.39, 0.29) is 23.2 Å². The first-order valence-corrected chi connectivity index (χ1v) is 10.5. The van der Waals surface area contributed by atoms with Gasteiger partial charge in [-0.1, -0.05) is 61.9 Å². The van der Waals surface area contributed by atoms with Crippen molar-refractivity contribution in [3.63, 3.8) is 0 Å². The molecule has 0 amide bonds. The quantitative estimate of drug-likeness (QED) is 0.742. The Hall–Kier alpha value is -2.07. The minimum absolute atomic E-state index is 0.0565. The summed E-state index contributed by atoms with van der Waals surface area (Å²) >= 11 is 0. The molecule has 25 heavy (non-hydrogen) atoms. The molecule has 1 aliphatic rings. The highest BCUT2D eigenvalue weighted by atomic mass is 32.2. The maximum absolute atomic E-state index is 12.7. The molecule has 2 aromatic rings. The second-order valence-corrected chi connectivity index (χ2v) is 9.00. The van der Waals surface area contributed by atoms with Gasteiger partial charge in [0.2, 0.25) is 0 Å². The van der Waals surface area contributed by atoms with Crippen LogP contribution in [-0.2, 0) is 15.6 Å². The summed E-state index contributed by atoms with van der Waals surface area (Å²) in [6, 6.07) is 15.3. The van der Waals surface area contributed by atoms with E-state index in [0.717, 1.165) is 36.8 Å². The van der Waals surface area contributed by atoms with Gasteiger partial charge in [-0.15, -0.1) is 0 Å². The van der Waals surface area contributed by atoms with Crippen LogP contribution in [0.1, 0.15) is 36.8 Å². The standard InChI is InChI=1S/C21H24O3S/c1-16(22)21-12-11-19(18-9-3-2-4-10-18)13-20(21)15-25(23,24)14-17-7-5-6-8-17/h2-4,9-13,17,22H,1,5-8,14-15H2. The van der Waals surface area contributed by atoms with Crippen molar-refractivity contribution >= 4 is 15.6 Å². The fraction of sp³-hybridized carbons (Fsp3) is 0.333. The van der Waals surface area contributed by atoms with Crippen molar-refractivity contribution in [2.24, 2.45) is 5.92 Å². The molecule has 4 heteroatoms. The molecule has 0 saturated heterocycles. The first-order valence-electron chi connectivity index (χ1n) is 8.71. The Bertz CT molecular complexity index is 848. The van der Waals surface area contributed by atoms with E-state index in [1.165, 1.54) is 0 Å². The molecule has 3 nitrogen and oxygen atoms in total. The van der Waals surface area contributed by atoms with Crippen LogP contribution in [0.15, 0.2) is 55.1 Å². The molecule has 0 spiro atoms. The summed E-state index contributed by atoms with van der Waals surface area (Å²) in [4.78, 5) is 0. The molecule has 1 saturated carbocycles. The van der Waals surface area contributed by atoms with E-state index in [2.05, 4.69) is 6.58 Å². The predicted molar refractivity (Wildman–Crippen MR) is 103 cm³/mol. The normalized spacial score (nSPS) is 15.4. The van der Waals surface area contributed by atoms with Crippen LogP contribution in [0.5, 0.6) is 0 Å². The summed E-state index contributed by atoms with van der Waals surface area (Å²) in [5.74, 6) is 0.368. The monoisotopic (exact) mass is 356 g/mol. The summed E-state index contributed by atoms with van der Waals surface area (Å²) in [6.07, 6.45) is 4.26. The highest BCUT2D eigenvalue weighted by Crippen LogP contribution is 2.29. The Morgan fingerprint density at radius 3 is 2.36 bits per heavy atom. The third-order valence-electron chi connectivity index (χ3n) is 4.86. The van der Waals surface area contributed by atoms with Gasteiger partial charge < -0.3 is 5.11 Å². The molecule has 0 radical (unpaired) electrons. The zero-order valence-electron chi connectivity index (χ0n) is 14.3. The van der Waals surface area contributed by atoms with Crippen LogP contribution in [0.2, 0.25) is 0 Å². The SMILES string of the molecule is C=C(O)c1ccc(-c2ccccc2)cc1CS(=O)(=O)CC1CCCC1. The number of benzene rings is 2. The minimum atomic E-state index is -3.23. The Kier molecular flexibility index (Phi) is 5.28. The molecule has 132 valence electrons. The van der Waals surface area contributed by atoms with Crippen LogP contribution in [0, 0.1) is 5.92 Å². The van der Waals surface area contributed by atoms with Gasteiger partial charge in [0.25, 0.3) is 0 Å². The summed E-state index contributed by atoms with van der Waals surface area (Å²) in [7, 11) is -3.23. The lowest BCUT2D eigenvalue weighted by molar-refractivity contribution is 0.513. The van der Waals surface area contributed by atoms with Crippen LogP contribution in [0.3, 0.4) is 0 Å². The average molecular weight is 356 g/mol. The van der Waals surface area contributed by atoms with E-state index in [4.69, 9.17) is 0 Å². The largest absolute Gasteiger partial charge is 0.508 e. The number of sulfone groups is 1. The number of aliphatic hydroxyl groups is 1. The molecule has 0 unspecified atom stereocenters. The van der Waals surface area contributed by atoms with E-state index in [9.17, 15) is 13.5 Å². The molecule has 3 rings (SSSR count). The molecular formula is C21H24O3S. The van der Waals surface area contributed by atoms with E-state index >= 15 is 0 Å². The summed E-state index contributed by atoms with van der Waals surface area (Å²) in [6.45, 7) is 3.58. The van der Waals surface area contributed by atoms with E-state index < -0.39 is 9.84 Å². The van der Waals surface area contributed by atoms with Crippen LogP contribution >= 0.6 is 0 Å². The van der Waals surface area contributed by atoms with Gasteiger partial charge in [-0.25, -0.2) is 8.42 Å². The van der Waals surface area contributed by atoms with Crippen molar-refractivity contribution in [3.05, 3.63) is 66.2 Å². The zero-order valence-corrected chi connectivity index (χ0v) is 15.1. The van der Waals surface area contributed by atoms with Gasteiger partial charge in [0.05, 0.1) is 11.5 Å². The molecule has 2 aromatic carbocycles.